The topological polar surface area (TPSA) is 27.0 Å². The lowest BCUT2D eigenvalue weighted by atomic mass is 10.0. The molecule has 0 saturated carbocycles. The van der Waals surface area contributed by atoms with Crippen LogP contribution in [0.3, 0.4) is 0 Å². The molecule has 0 bridgehead atoms. The lowest BCUT2D eigenvalue weighted by Gasteiger charge is -2.15. The second kappa shape index (κ2) is 7.89. The molecule has 0 radical (unpaired) electrons. The number of likely N-dealkylation sites (N-methyl/N-ethyl adjacent to an activating group) is 1. The Hall–Kier alpha value is -1.33. The zero-order valence-corrected chi connectivity index (χ0v) is 11.8. The minimum atomic E-state index is 0.604. The van der Waals surface area contributed by atoms with Gasteiger partial charge in [0.1, 0.15) is 0 Å². The van der Waals surface area contributed by atoms with Crippen LogP contribution < -0.4 is 0 Å². The Kier molecular flexibility index (Phi) is 6.46. The van der Waals surface area contributed by atoms with E-state index in [1.165, 1.54) is 11.1 Å². The van der Waals surface area contributed by atoms with Crippen molar-refractivity contribution in [2.45, 2.75) is 39.0 Å². The van der Waals surface area contributed by atoms with Crippen LogP contribution >= 0.6 is 0 Å². The van der Waals surface area contributed by atoms with Crippen LogP contribution in [0.25, 0.3) is 0 Å². The van der Waals surface area contributed by atoms with Gasteiger partial charge in [-0.2, -0.15) is 5.26 Å². The zero-order valence-electron chi connectivity index (χ0n) is 11.8. The second-order valence-electron chi connectivity index (χ2n) is 5.21. The molecule has 1 aromatic rings. The summed E-state index contributed by atoms with van der Waals surface area (Å²) in [5, 5.41) is 8.49. The Labute approximate surface area is 111 Å². The average molecular weight is 244 g/mol. The highest BCUT2D eigenvalue weighted by atomic mass is 15.1. The molecule has 98 valence electrons. The van der Waals surface area contributed by atoms with E-state index in [2.05, 4.69) is 56.1 Å². The summed E-state index contributed by atoms with van der Waals surface area (Å²) in [6, 6.07) is 11.1. The quantitative estimate of drug-likeness (QED) is 0.685. The Balaban J connectivity index is 2.32. The van der Waals surface area contributed by atoms with Gasteiger partial charge in [0, 0.05) is 13.0 Å². The summed E-state index contributed by atoms with van der Waals surface area (Å²) in [5.41, 5.74) is 2.80. The minimum Gasteiger partial charge on any atom is -0.306 e. The number of benzene rings is 1. The first kappa shape index (κ1) is 14.7. The SMILES string of the molecule is CC(C)c1ccc(CCN(C)CCCC#N)cc1. The van der Waals surface area contributed by atoms with Crippen LogP contribution in [0.4, 0.5) is 0 Å². The van der Waals surface area contributed by atoms with Gasteiger partial charge < -0.3 is 4.90 Å². The molecule has 0 heterocycles. The van der Waals surface area contributed by atoms with Crippen molar-refractivity contribution >= 4 is 0 Å². The molecule has 2 heteroatoms. The van der Waals surface area contributed by atoms with Gasteiger partial charge in [-0.25, -0.2) is 0 Å². The van der Waals surface area contributed by atoms with Gasteiger partial charge in [0.25, 0.3) is 0 Å². The maximum absolute atomic E-state index is 8.49. The van der Waals surface area contributed by atoms with Crippen molar-refractivity contribution in [3.05, 3.63) is 35.4 Å². The smallest absolute Gasteiger partial charge is 0.0622 e. The van der Waals surface area contributed by atoms with Crippen LogP contribution in [0.5, 0.6) is 0 Å². The van der Waals surface area contributed by atoms with Gasteiger partial charge in [-0.3, -0.25) is 0 Å². The number of hydrogen-bond donors (Lipinski definition) is 0. The molecule has 2 nitrogen and oxygen atoms in total. The molecule has 0 fully saturated rings. The molecular weight excluding hydrogens is 220 g/mol. The number of nitrogens with zero attached hydrogens (tertiary/aromatic N) is 2. The lowest BCUT2D eigenvalue weighted by molar-refractivity contribution is 0.335. The highest BCUT2D eigenvalue weighted by Crippen LogP contribution is 2.15. The molecule has 18 heavy (non-hydrogen) atoms. The first-order chi connectivity index (χ1) is 8.63. The fourth-order valence-corrected chi connectivity index (χ4v) is 1.93. The summed E-state index contributed by atoms with van der Waals surface area (Å²) >= 11 is 0. The van der Waals surface area contributed by atoms with E-state index in [-0.39, 0.29) is 0 Å². The molecule has 1 rings (SSSR count). The summed E-state index contributed by atoms with van der Waals surface area (Å²) in [6.07, 6.45) is 2.72. The normalized spacial score (nSPS) is 10.9. The average Bonchev–Trinajstić information content (AvgIpc) is 2.37. The Bertz CT molecular complexity index is 373. The van der Waals surface area contributed by atoms with Gasteiger partial charge >= 0.3 is 0 Å². The van der Waals surface area contributed by atoms with Gasteiger partial charge in [0.2, 0.25) is 0 Å². The van der Waals surface area contributed by atoms with Crippen molar-refractivity contribution in [3.8, 4) is 6.07 Å². The molecule has 1 aromatic carbocycles. The third-order valence-electron chi connectivity index (χ3n) is 3.26. The van der Waals surface area contributed by atoms with E-state index in [4.69, 9.17) is 5.26 Å². The van der Waals surface area contributed by atoms with Gasteiger partial charge in [0.15, 0.2) is 0 Å². The molecule has 0 unspecified atom stereocenters. The number of nitriles is 1. The largest absolute Gasteiger partial charge is 0.306 e. The standard InChI is InChI=1S/C16H24N2/c1-14(2)16-8-6-15(7-9-16)10-13-18(3)12-5-4-11-17/h6-9,14H,4-5,10,12-13H2,1-3H3. The summed E-state index contributed by atoms with van der Waals surface area (Å²) in [6.45, 7) is 6.51. The summed E-state index contributed by atoms with van der Waals surface area (Å²) in [4.78, 5) is 2.30. The first-order valence-electron chi connectivity index (χ1n) is 6.78. The van der Waals surface area contributed by atoms with Crippen LogP contribution in [0.15, 0.2) is 24.3 Å². The second-order valence-corrected chi connectivity index (χ2v) is 5.21. The third kappa shape index (κ3) is 5.33. The highest BCUT2D eigenvalue weighted by molar-refractivity contribution is 5.24. The van der Waals surface area contributed by atoms with Crippen LogP contribution in [-0.4, -0.2) is 25.0 Å². The van der Waals surface area contributed by atoms with Gasteiger partial charge in [0.05, 0.1) is 6.07 Å². The number of unbranched alkanes of at least 4 members (excludes halogenated alkanes) is 1. The fraction of sp³-hybridized carbons (Fsp3) is 0.562. The number of hydrogen-bond acceptors (Lipinski definition) is 2. The molecule has 0 saturated heterocycles. The Morgan fingerprint density at radius 1 is 1.17 bits per heavy atom. The Morgan fingerprint density at radius 3 is 2.39 bits per heavy atom. The van der Waals surface area contributed by atoms with E-state index in [1.54, 1.807) is 0 Å². The summed E-state index contributed by atoms with van der Waals surface area (Å²) in [5.74, 6) is 0.604. The van der Waals surface area contributed by atoms with E-state index in [0.29, 0.717) is 12.3 Å². The maximum Gasteiger partial charge on any atom is 0.0622 e. The van der Waals surface area contributed by atoms with E-state index in [0.717, 1.165) is 25.9 Å². The van der Waals surface area contributed by atoms with Crippen molar-refractivity contribution < 1.29 is 0 Å². The van der Waals surface area contributed by atoms with E-state index >= 15 is 0 Å². The van der Waals surface area contributed by atoms with Gasteiger partial charge in [-0.15, -0.1) is 0 Å². The maximum atomic E-state index is 8.49. The third-order valence-corrected chi connectivity index (χ3v) is 3.26. The molecule has 0 aromatic heterocycles. The molecule has 0 aliphatic rings. The molecule has 0 amide bonds. The number of rotatable bonds is 7. The monoisotopic (exact) mass is 244 g/mol. The molecule has 0 N–H and O–H groups in total. The molecule has 0 aliphatic carbocycles. The van der Waals surface area contributed by atoms with E-state index in [1.807, 2.05) is 0 Å². The van der Waals surface area contributed by atoms with Crippen LogP contribution in [0.1, 0.15) is 43.7 Å². The zero-order chi connectivity index (χ0) is 13.4. The van der Waals surface area contributed by atoms with Crippen LogP contribution in [-0.2, 0) is 6.42 Å². The first-order valence-corrected chi connectivity index (χ1v) is 6.78. The predicted octanol–water partition coefficient (Wildman–Crippen LogP) is 3.59. The minimum absolute atomic E-state index is 0.604. The van der Waals surface area contributed by atoms with Crippen molar-refractivity contribution in [1.82, 2.24) is 4.90 Å². The van der Waals surface area contributed by atoms with Crippen LogP contribution in [0.2, 0.25) is 0 Å². The predicted molar refractivity (Wildman–Crippen MR) is 76.6 cm³/mol. The lowest BCUT2D eigenvalue weighted by Crippen LogP contribution is -2.22. The molecule has 0 spiro atoms. The highest BCUT2D eigenvalue weighted by Gasteiger charge is 2.01. The van der Waals surface area contributed by atoms with Crippen LogP contribution in [0, 0.1) is 11.3 Å². The van der Waals surface area contributed by atoms with Gasteiger partial charge in [-0.1, -0.05) is 38.1 Å². The fourth-order valence-electron chi connectivity index (χ4n) is 1.93. The molecular formula is C16H24N2. The molecule has 0 atom stereocenters. The van der Waals surface area contributed by atoms with Crippen molar-refractivity contribution in [1.29, 1.82) is 5.26 Å². The van der Waals surface area contributed by atoms with E-state index < -0.39 is 0 Å². The summed E-state index contributed by atoms with van der Waals surface area (Å²) in [7, 11) is 2.12. The van der Waals surface area contributed by atoms with Crippen molar-refractivity contribution in [3.63, 3.8) is 0 Å². The Morgan fingerprint density at radius 2 is 1.83 bits per heavy atom. The molecule has 0 aliphatic heterocycles. The van der Waals surface area contributed by atoms with Crippen molar-refractivity contribution in [2.24, 2.45) is 0 Å². The van der Waals surface area contributed by atoms with E-state index in [9.17, 15) is 0 Å². The van der Waals surface area contributed by atoms with Crippen molar-refractivity contribution in [2.75, 3.05) is 20.1 Å². The summed E-state index contributed by atoms with van der Waals surface area (Å²) < 4.78 is 0. The van der Waals surface area contributed by atoms with Gasteiger partial charge in [-0.05, 0) is 43.5 Å².